The number of carbonyl (C=O) groups excluding carboxylic acids is 2. The third-order valence-corrected chi connectivity index (χ3v) is 5.41. The summed E-state index contributed by atoms with van der Waals surface area (Å²) in [5.74, 6) is -0.705. The van der Waals surface area contributed by atoms with E-state index >= 15 is 0 Å². The van der Waals surface area contributed by atoms with E-state index in [1.807, 2.05) is 25.1 Å². The summed E-state index contributed by atoms with van der Waals surface area (Å²) >= 11 is 5.53. The normalized spacial score (nSPS) is 19.5. The van der Waals surface area contributed by atoms with Crippen molar-refractivity contribution in [1.29, 1.82) is 0 Å². The van der Waals surface area contributed by atoms with Crippen LogP contribution in [0.15, 0.2) is 46.9 Å². The van der Waals surface area contributed by atoms with E-state index in [1.54, 1.807) is 24.3 Å². The fraction of sp³-hybridized carbons (Fsp3) is 0.222. The van der Waals surface area contributed by atoms with Crippen LogP contribution in [-0.2, 0) is 10.4 Å². The number of hydrogen-bond acceptors (Lipinski definition) is 3. The van der Waals surface area contributed by atoms with Crippen LogP contribution in [0.2, 0.25) is 0 Å². The lowest BCUT2D eigenvalue weighted by Gasteiger charge is -2.22. The molecular weight excluding hydrogens is 485 g/mol. The molecule has 124 valence electrons. The summed E-state index contributed by atoms with van der Waals surface area (Å²) in [4.78, 5) is 26.9. The van der Waals surface area contributed by atoms with Crippen LogP contribution in [0.1, 0.15) is 29.3 Å². The lowest BCUT2D eigenvalue weighted by molar-refractivity contribution is -0.135. The molecule has 0 spiro atoms. The Morgan fingerprint density at radius 2 is 1.92 bits per heavy atom. The zero-order chi connectivity index (χ0) is 17.5. The minimum Gasteiger partial charge on any atom is -0.375 e. The number of anilines is 1. The van der Waals surface area contributed by atoms with Crippen LogP contribution in [0.3, 0.4) is 0 Å². The maximum absolute atomic E-state index is 12.8. The molecule has 0 aliphatic carbocycles. The van der Waals surface area contributed by atoms with Crippen LogP contribution in [0.25, 0.3) is 0 Å². The van der Waals surface area contributed by atoms with Crippen molar-refractivity contribution >= 4 is 55.9 Å². The first-order valence-electron chi connectivity index (χ1n) is 7.50. The highest BCUT2D eigenvalue weighted by Crippen LogP contribution is 2.43. The number of aliphatic hydroxyl groups is 1. The molecule has 1 heterocycles. The number of ketones is 1. The molecule has 2 aromatic rings. The van der Waals surface area contributed by atoms with Gasteiger partial charge in [0.1, 0.15) is 0 Å². The molecule has 3 rings (SSSR count). The van der Waals surface area contributed by atoms with E-state index in [0.29, 0.717) is 23.4 Å². The largest absolute Gasteiger partial charge is 0.375 e. The quantitative estimate of drug-likeness (QED) is 0.513. The molecule has 4 nitrogen and oxygen atoms in total. The lowest BCUT2D eigenvalue weighted by Crippen LogP contribution is -2.41. The monoisotopic (exact) mass is 499 g/mol. The molecule has 0 radical (unpaired) electrons. The Balaban J connectivity index is 2.00. The minimum absolute atomic E-state index is 0.258. The fourth-order valence-corrected chi connectivity index (χ4v) is 3.70. The summed E-state index contributed by atoms with van der Waals surface area (Å²) in [6.45, 7) is 2.28. The number of benzene rings is 2. The molecule has 6 heteroatoms. The molecule has 0 saturated heterocycles. The van der Waals surface area contributed by atoms with Crippen LogP contribution in [0, 0.1) is 3.57 Å². The number of rotatable bonds is 4. The second-order valence-electron chi connectivity index (χ2n) is 5.68. The zero-order valence-corrected chi connectivity index (χ0v) is 16.7. The SMILES string of the molecule is CCN1C(=O)[C@@](O)(CC(=O)c2ccc(I)cc2)c2cc(Br)ccc21. The standard InChI is InChI=1S/C18H15BrINO3/c1-2-21-15-8-5-12(19)9-14(15)18(24,17(21)23)10-16(22)11-3-6-13(20)7-4-11/h3-9,24H,2,10H2,1H3/t18-/m1/s1. The van der Waals surface area contributed by atoms with E-state index in [1.165, 1.54) is 4.90 Å². The highest BCUT2D eigenvalue weighted by atomic mass is 127. The van der Waals surface area contributed by atoms with Gasteiger partial charge >= 0.3 is 0 Å². The van der Waals surface area contributed by atoms with Gasteiger partial charge in [0.05, 0.1) is 12.1 Å². The molecular formula is C18H15BrINO3. The highest BCUT2D eigenvalue weighted by Gasteiger charge is 2.50. The predicted molar refractivity (Wildman–Crippen MR) is 104 cm³/mol. The van der Waals surface area contributed by atoms with Crippen LogP contribution in [0.4, 0.5) is 5.69 Å². The van der Waals surface area contributed by atoms with E-state index in [9.17, 15) is 14.7 Å². The van der Waals surface area contributed by atoms with Gasteiger partial charge in [0, 0.05) is 25.7 Å². The maximum atomic E-state index is 12.8. The Morgan fingerprint density at radius 3 is 2.54 bits per heavy atom. The van der Waals surface area contributed by atoms with E-state index in [2.05, 4.69) is 38.5 Å². The summed E-state index contributed by atoms with van der Waals surface area (Å²) in [7, 11) is 0. The average Bonchev–Trinajstić information content (AvgIpc) is 2.76. The van der Waals surface area contributed by atoms with Crippen LogP contribution >= 0.6 is 38.5 Å². The van der Waals surface area contributed by atoms with Crippen molar-refractivity contribution in [3.05, 3.63) is 61.6 Å². The molecule has 0 saturated carbocycles. The number of carbonyl (C=O) groups is 2. The number of nitrogens with zero attached hydrogens (tertiary/aromatic N) is 1. The summed E-state index contributed by atoms with van der Waals surface area (Å²) in [5.41, 5.74) is -0.204. The summed E-state index contributed by atoms with van der Waals surface area (Å²) in [5, 5.41) is 11.1. The van der Waals surface area contributed by atoms with Gasteiger partial charge in [-0.25, -0.2) is 0 Å². The van der Waals surface area contributed by atoms with Crippen LogP contribution < -0.4 is 4.90 Å². The second kappa shape index (κ2) is 6.57. The van der Waals surface area contributed by atoms with Crippen LogP contribution in [-0.4, -0.2) is 23.3 Å². The van der Waals surface area contributed by atoms with E-state index in [4.69, 9.17) is 0 Å². The average molecular weight is 500 g/mol. The van der Waals surface area contributed by atoms with Gasteiger partial charge in [-0.05, 0) is 59.8 Å². The van der Waals surface area contributed by atoms with Gasteiger partial charge in [-0.3, -0.25) is 9.59 Å². The molecule has 24 heavy (non-hydrogen) atoms. The molecule has 0 unspecified atom stereocenters. The van der Waals surface area contributed by atoms with E-state index in [0.717, 1.165) is 8.04 Å². The van der Waals surface area contributed by atoms with Gasteiger partial charge in [0.2, 0.25) is 0 Å². The van der Waals surface area contributed by atoms with Gasteiger partial charge in [-0.15, -0.1) is 0 Å². The Hall–Kier alpha value is -1.25. The second-order valence-corrected chi connectivity index (χ2v) is 7.84. The van der Waals surface area contributed by atoms with Gasteiger partial charge in [-0.2, -0.15) is 0 Å². The maximum Gasteiger partial charge on any atom is 0.264 e. The first-order chi connectivity index (χ1) is 11.4. The molecule has 0 aromatic heterocycles. The number of amides is 1. The minimum atomic E-state index is -1.82. The topological polar surface area (TPSA) is 57.6 Å². The van der Waals surface area contributed by atoms with Gasteiger partial charge in [0.25, 0.3) is 5.91 Å². The Bertz CT molecular complexity index is 822. The molecule has 2 aromatic carbocycles. The van der Waals surface area contributed by atoms with Crippen molar-refractivity contribution in [2.45, 2.75) is 18.9 Å². The van der Waals surface area contributed by atoms with Crippen molar-refractivity contribution in [2.75, 3.05) is 11.4 Å². The zero-order valence-electron chi connectivity index (χ0n) is 12.9. The van der Waals surface area contributed by atoms with Crippen molar-refractivity contribution < 1.29 is 14.7 Å². The Kier molecular flexibility index (Phi) is 4.81. The molecule has 0 bridgehead atoms. The first-order valence-corrected chi connectivity index (χ1v) is 9.37. The summed E-state index contributed by atoms with van der Waals surface area (Å²) < 4.78 is 1.78. The van der Waals surface area contributed by atoms with Crippen molar-refractivity contribution in [1.82, 2.24) is 0 Å². The number of likely N-dealkylation sites (N-methyl/N-ethyl adjacent to an activating group) is 1. The van der Waals surface area contributed by atoms with Crippen molar-refractivity contribution in [2.24, 2.45) is 0 Å². The molecule has 1 atom stereocenters. The van der Waals surface area contributed by atoms with Gasteiger partial charge in [-0.1, -0.05) is 28.1 Å². The summed E-state index contributed by atoms with van der Waals surface area (Å²) in [6, 6.07) is 12.4. The third-order valence-electron chi connectivity index (χ3n) is 4.19. The molecule has 1 aliphatic heterocycles. The van der Waals surface area contributed by atoms with Gasteiger partial charge < -0.3 is 10.0 Å². The highest BCUT2D eigenvalue weighted by molar-refractivity contribution is 14.1. The third kappa shape index (κ3) is 2.91. The molecule has 0 fully saturated rings. The number of hydrogen-bond donors (Lipinski definition) is 1. The number of Topliss-reactive ketones (excluding diaryl/α,β-unsaturated/α-hetero) is 1. The summed E-state index contributed by atoms with van der Waals surface area (Å²) in [6.07, 6.45) is -0.271. The van der Waals surface area contributed by atoms with Gasteiger partial charge in [0.15, 0.2) is 11.4 Å². The van der Waals surface area contributed by atoms with E-state index in [-0.39, 0.29) is 12.2 Å². The predicted octanol–water partition coefficient (Wildman–Crippen LogP) is 3.88. The molecule has 1 amide bonds. The van der Waals surface area contributed by atoms with Crippen molar-refractivity contribution in [3.8, 4) is 0 Å². The lowest BCUT2D eigenvalue weighted by atomic mass is 9.88. The number of halogens is 2. The number of fused-ring (bicyclic) bond motifs is 1. The fourth-order valence-electron chi connectivity index (χ4n) is 2.98. The Labute approximate surface area is 162 Å². The molecule has 1 N–H and O–H groups in total. The van der Waals surface area contributed by atoms with Crippen LogP contribution in [0.5, 0.6) is 0 Å². The smallest absolute Gasteiger partial charge is 0.264 e. The van der Waals surface area contributed by atoms with Crippen molar-refractivity contribution in [3.63, 3.8) is 0 Å². The first kappa shape index (κ1) is 17.6. The Morgan fingerprint density at radius 1 is 1.25 bits per heavy atom. The van der Waals surface area contributed by atoms with E-state index < -0.39 is 11.5 Å². The molecule has 1 aliphatic rings.